The first-order chi connectivity index (χ1) is 9.94. The summed E-state index contributed by atoms with van der Waals surface area (Å²) in [5.41, 5.74) is 11.1. The molecule has 0 aliphatic heterocycles. The molecule has 0 atom stereocenters. The third-order valence-electron chi connectivity index (χ3n) is 2.37. The van der Waals surface area contributed by atoms with Crippen molar-refractivity contribution < 1.29 is 9.18 Å². The van der Waals surface area contributed by atoms with Crippen LogP contribution in [-0.2, 0) is 4.79 Å². The van der Waals surface area contributed by atoms with E-state index in [2.05, 4.69) is 15.3 Å². The predicted octanol–water partition coefficient (Wildman–Crippen LogP) is 0.804. The fourth-order valence-corrected chi connectivity index (χ4v) is 2.17. The number of amides is 1. The van der Waals surface area contributed by atoms with Gasteiger partial charge in [-0.3, -0.25) is 9.59 Å². The second-order valence-corrected chi connectivity index (χ2v) is 5.01. The lowest BCUT2D eigenvalue weighted by molar-refractivity contribution is -0.113. The number of H-pyrrole nitrogens is 1. The summed E-state index contributed by atoms with van der Waals surface area (Å²) in [6.45, 7) is 0. The van der Waals surface area contributed by atoms with Gasteiger partial charge in [-0.1, -0.05) is 11.8 Å². The van der Waals surface area contributed by atoms with Gasteiger partial charge in [-0.2, -0.15) is 0 Å². The van der Waals surface area contributed by atoms with Crippen LogP contribution in [0.2, 0.25) is 0 Å². The van der Waals surface area contributed by atoms with E-state index in [1.807, 2.05) is 0 Å². The third kappa shape index (κ3) is 4.21. The van der Waals surface area contributed by atoms with Crippen molar-refractivity contribution in [3.05, 3.63) is 40.4 Å². The van der Waals surface area contributed by atoms with E-state index in [1.54, 1.807) is 0 Å². The van der Waals surface area contributed by atoms with Crippen molar-refractivity contribution in [3.63, 3.8) is 0 Å². The van der Waals surface area contributed by atoms with Crippen LogP contribution in [0.15, 0.2) is 34.2 Å². The fraction of sp³-hybridized carbons (Fsp3) is 0.0833. The number of nitrogens with zero attached hydrogens (tertiary/aromatic N) is 1. The molecule has 0 radical (unpaired) electrons. The van der Waals surface area contributed by atoms with E-state index in [0.717, 1.165) is 23.9 Å². The Morgan fingerprint density at radius 1 is 1.38 bits per heavy atom. The zero-order valence-electron chi connectivity index (χ0n) is 10.7. The molecule has 2 rings (SSSR count). The quantitative estimate of drug-likeness (QED) is 0.376. The number of rotatable bonds is 4. The maximum Gasteiger partial charge on any atom is 0.253 e. The SMILES string of the molecule is Nc1cc(=O)[nH]c(SCC(=O)Nc2ccc(F)cc2N)n1. The van der Waals surface area contributed by atoms with Gasteiger partial charge in [-0.15, -0.1) is 0 Å². The molecule has 7 nitrogen and oxygen atoms in total. The van der Waals surface area contributed by atoms with Gasteiger partial charge in [0.1, 0.15) is 11.6 Å². The molecule has 0 bridgehead atoms. The molecule has 1 aromatic heterocycles. The molecule has 110 valence electrons. The van der Waals surface area contributed by atoms with E-state index in [4.69, 9.17) is 11.5 Å². The number of carbonyl (C=O) groups excluding carboxylic acids is 1. The lowest BCUT2D eigenvalue weighted by atomic mass is 10.2. The highest BCUT2D eigenvalue weighted by Crippen LogP contribution is 2.20. The van der Waals surface area contributed by atoms with Crippen molar-refractivity contribution >= 4 is 34.9 Å². The Morgan fingerprint density at radius 2 is 2.14 bits per heavy atom. The topological polar surface area (TPSA) is 127 Å². The molecular formula is C12H12FN5O2S. The summed E-state index contributed by atoms with van der Waals surface area (Å²) in [4.78, 5) is 29.3. The predicted molar refractivity (Wildman–Crippen MR) is 79.4 cm³/mol. The number of hydrogen-bond donors (Lipinski definition) is 4. The highest BCUT2D eigenvalue weighted by atomic mass is 32.2. The van der Waals surface area contributed by atoms with Crippen molar-refractivity contribution in [3.8, 4) is 0 Å². The van der Waals surface area contributed by atoms with Gasteiger partial charge >= 0.3 is 0 Å². The second-order valence-electron chi connectivity index (χ2n) is 4.04. The largest absolute Gasteiger partial charge is 0.397 e. The standard InChI is InChI=1S/C12H12FN5O2S/c13-6-1-2-8(7(14)3-6)16-11(20)5-21-12-17-9(15)4-10(19)18-12/h1-4H,5,14H2,(H,16,20)(H3,15,17,18,19). The summed E-state index contributed by atoms with van der Waals surface area (Å²) in [6, 6.07) is 4.81. The molecule has 6 N–H and O–H groups in total. The van der Waals surface area contributed by atoms with Crippen molar-refractivity contribution in [1.29, 1.82) is 0 Å². The van der Waals surface area contributed by atoms with E-state index in [1.165, 1.54) is 12.1 Å². The van der Waals surface area contributed by atoms with Gasteiger partial charge < -0.3 is 21.8 Å². The molecule has 9 heteroatoms. The van der Waals surface area contributed by atoms with Crippen molar-refractivity contribution in [2.24, 2.45) is 0 Å². The second kappa shape index (κ2) is 6.27. The number of hydrogen-bond acceptors (Lipinski definition) is 6. The van der Waals surface area contributed by atoms with Crippen LogP contribution in [0.4, 0.5) is 21.6 Å². The summed E-state index contributed by atoms with van der Waals surface area (Å²) in [5.74, 6) is -0.794. The monoisotopic (exact) mass is 309 g/mol. The molecule has 0 aliphatic carbocycles. The zero-order chi connectivity index (χ0) is 15.4. The number of nitrogen functional groups attached to an aromatic ring is 2. The van der Waals surface area contributed by atoms with E-state index < -0.39 is 11.4 Å². The van der Waals surface area contributed by atoms with Crippen LogP contribution in [0.1, 0.15) is 0 Å². The Bertz CT molecular complexity index is 734. The first-order valence-electron chi connectivity index (χ1n) is 5.78. The van der Waals surface area contributed by atoms with E-state index >= 15 is 0 Å². The number of anilines is 3. The van der Waals surface area contributed by atoms with Crippen LogP contribution >= 0.6 is 11.8 Å². The maximum absolute atomic E-state index is 12.9. The van der Waals surface area contributed by atoms with Gasteiger partial charge in [0.25, 0.3) is 5.56 Å². The number of benzene rings is 1. The van der Waals surface area contributed by atoms with Crippen LogP contribution in [0, 0.1) is 5.82 Å². The Hall–Kier alpha value is -2.55. The van der Waals surface area contributed by atoms with E-state index in [-0.39, 0.29) is 28.3 Å². The first kappa shape index (κ1) is 14.9. The maximum atomic E-state index is 12.9. The van der Waals surface area contributed by atoms with Gasteiger partial charge in [0.2, 0.25) is 5.91 Å². The summed E-state index contributed by atoms with van der Waals surface area (Å²) < 4.78 is 12.9. The van der Waals surface area contributed by atoms with Gasteiger partial charge in [0.15, 0.2) is 5.16 Å². The summed E-state index contributed by atoms with van der Waals surface area (Å²) in [5, 5.41) is 2.77. The average Bonchev–Trinajstić information content (AvgIpc) is 2.39. The highest BCUT2D eigenvalue weighted by Gasteiger charge is 2.08. The smallest absolute Gasteiger partial charge is 0.253 e. The lowest BCUT2D eigenvalue weighted by Gasteiger charge is -2.07. The number of aromatic nitrogens is 2. The van der Waals surface area contributed by atoms with Crippen LogP contribution in [0.3, 0.4) is 0 Å². The van der Waals surface area contributed by atoms with Gasteiger partial charge in [0, 0.05) is 6.07 Å². The molecule has 0 unspecified atom stereocenters. The Balaban J connectivity index is 1.97. The molecule has 0 saturated carbocycles. The van der Waals surface area contributed by atoms with Crippen LogP contribution in [0.5, 0.6) is 0 Å². The minimum Gasteiger partial charge on any atom is -0.397 e. The summed E-state index contributed by atoms with van der Waals surface area (Å²) >= 11 is 1.01. The van der Waals surface area contributed by atoms with Crippen molar-refractivity contribution in [2.75, 3.05) is 22.5 Å². The summed E-state index contributed by atoms with van der Waals surface area (Å²) in [7, 11) is 0. The number of thioether (sulfide) groups is 1. The van der Waals surface area contributed by atoms with Crippen LogP contribution in [0.25, 0.3) is 0 Å². The molecule has 21 heavy (non-hydrogen) atoms. The third-order valence-corrected chi connectivity index (χ3v) is 3.24. The summed E-state index contributed by atoms with van der Waals surface area (Å²) in [6.07, 6.45) is 0. The number of nitrogens with two attached hydrogens (primary N) is 2. The minimum atomic E-state index is -0.485. The normalized spacial score (nSPS) is 10.3. The van der Waals surface area contributed by atoms with Crippen LogP contribution in [-0.4, -0.2) is 21.6 Å². The average molecular weight is 309 g/mol. The number of halogens is 1. The minimum absolute atomic E-state index is 0.0107. The Labute approximate surface area is 122 Å². The lowest BCUT2D eigenvalue weighted by Crippen LogP contribution is -2.16. The van der Waals surface area contributed by atoms with Crippen LogP contribution < -0.4 is 22.3 Å². The fourth-order valence-electron chi connectivity index (χ4n) is 1.49. The number of nitrogens with one attached hydrogen (secondary N) is 2. The number of carbonyl (C=O) groups is 1. The molecule has 2 aromatic rings. The molecule has 0 aliphatic rings. The molecular weight excluding hydrogens is 297 g/mol. The first-order valence-corrected chi connectivity index (χ1v) is 6.77. The zero-order valence-corrected chi connectivity index (χ0v) is 11.5. The molecule has 0 saturated heterocycles. The van der Waals surface area contributed by atoms with Gasteiger partial charge in [-0.25, -0.2) is 9.37 Å². The Kier molecular flexibility index (Phi) is 4.43. The van der Waals surface area contributed by atoms with Gasteiger partial charge in [0.05, 0.1) is 17.1 Å². The van der Waals surface area contributed by atoms with E-state index in [0.29, 0.717) is 5.69 Å². The molecule has 1 amide bonds. The molecule has 1 aromatic carbocycles. The number of aromatic amines is 1. The van der Waals surface area contributed by atoms with Crippen molar-refractivity contribution in [1.82, 2.24) is 9.97 Å². The highest BCUT2D eigenvalue weighted by molar-refractivity contribution is 7.99. The van der Waals surface area contributed by atoms with E-state index in [9.17, 15) is 14.0 Å². The molecule has 1 heterocycles. The van der Waals surface area contributed by atoms with Crippen molar-refractivity contribution in [2.45, 2.75) is 5.16 Å². The Morgan fingerprint density at radius 3 is 2.81 bits per heavy atom. The molecule has 0 fully saturated rings. The molecule has 0 spiro atoms. The van der Waals surface area contributed by atoms with Gasteiger partial charge in [-0.05, 0) is 18.2 Å².